The SMILES string of the molecule is C=C/C=C1/C2=C(CCC=C2)C(C)(C)/C1=C/CNc1ccc(C(/C=C\C=C/C)=C\NN(CC(=C)/C=C\C=C/CNC)C2(CN)C=CC=CC2)cc1.c1ccc(-c2ccccc2)cc1. The highest BCUT2D eigenvalue weighted by atomic mass is 15.5. The first-order chi connectivity index (χ1) is 30.3. The van der Waals surface area contributed by atoms with E-state index in [4.69, 9.17) is 5.73 Å². The number of rotatable bonds is 18. The van der Waals surface area contributed by atoms with Crippen molar-refractivity contribution in [3.8, 4) is 11.1 Å². The van der Waals surface area contributed by atoms with Gasteiger partial charge < -0.3 is 21.8 Å². The molecule has 0 fully saturated rings. The Morgan fingerprint density at radius 1 is 0.855 bits per heavy atom. The lowest BCUT2D eigenvalue weighted by molar-refractivity contribution is 0.109. The second-order valence-corrected chi connectivity index (χ2v) is 16.1. The number of benzene rings is 3. The summed E-state index contributed by atoms with van der Waals surface area (Å²) in [6.45, 7) is 17.7. The molecule has 1 unspecified atom stereocenters. The fraction of sp³-hybridized carbons (Fsp3) is 0.228. The summed E-state index contributed by atoms with van der Waals surface area (Å²) in [6.07, 6.45) is 41.1. The van der Waals surface area contributed by atoms with Crippen molar-refractivity contribution in [1.29, 1.82) is 0 Å². The zero-order valence-electron chi connectivity index (χ0n) is 37.4. The molecule has 62 heavy (non-hydrogen) atoms. The first kappa shape index (κ1) is 46.8. The van der Waals surface area contributed by atoms with Crippen LogP contribution in [0.2, 0.25) is 0 Å². The third kappa shape index (κ3) is 12.9. The molecule has 3 aromatic carbocycles. The molecule has 0 saturated heterocycles. The lowest BCUT2D eigenvalue weighted by atomic mass is 9.78. The highest BCUT2D eigenvalue weighted by Gasteiger charge is 2.39. The molecule has 3 aliphatic rings. The Bertz CT molecular complexity index is 2230. The van der Waals surface area contributed by atoms with Gasteiger partial charge in [-0.05, 0) is 89.9 Å². The van der Waals surface area contributed by atoms with Crippen LogP contribution in [0.25, 0.3) is 16.7 Å². The van der Waals surface area contributed by atoms with Crippen molar-refractivity contribution in [2.75, 3.05) is 38.5 Å². The van der Waals surface area contributed by atoms with Gasteiger partial charge in [-0.15, -0.1) is 0 Å². The molecule has 5 heteroatoms. The summed E-state index contributed by atoms with van der Waals surface area (Å²) in [5.74, 6) is 0. The van der Waals surface area contributed by atoms with Crippen molar-refractivity contribution < 1.29 is 0 Å². The second-order valence-electron chi connectivity index (χ2n) is 16.1. The average molecular weight is 822 g/mol. The first-order valence-electron chi connectivity index (χ1n) is 21.9. The third-order valence-corrected chi connectivity index (χ3v) is 11.4. The van der Waals surface area contributed by atoms with Gasteiger partial charge in [0.15, 0.2) is 0 Å². The Kier molecular flexibility index (Phi) is 18.3. The standard InChI is InChI=1S/C45H57N5.C12H10/c1-7-9-12-21-38(33-49-50(45(35-46)29-16-11-17-30-45)34-36(3)20-13-10-18-31-47-6)37-24-26-39(27-25-37)48-32-28-43-40(19-8-2)41-22-14-15-23-42(41)44(43,4)5;1-3-7-11(8-4-1)12-9-5-2-6-10-12/h7-14,16-22,24-29,33,47-49H,2-3,15,23,30-32,34-35,46H2,1,4-6H3;1-10H/b9-7-,18-10-,20-13-,21-12-,38-33-,40-19-,43-28+;. The van der Waals surface area contributed by atoms with E-state index in [1.807, 2.05) is 56.5 Å². The van der Waals surface area contributed by atoms with Crippen LogP contribution in [-0.2, 0) is 0 Å². The summed E-state index contributed by atoms with van der Waals surface area (Å²) in [7, 11) is 1.94. The predicted molar refractivity (Wildman–Crippen MR) is 270 cm³/mol. The van der Waals surface area contributed by atoms with Crippen LogP contribution in [-0.4, -0.2) is 43.8 Å². The van der Waals surface area contributed by atoms with Gasteiger partial charge in [0.2, 0.25) is 0 Å². The molecular weight excluding hydrogens is 755 g/mol. The fourth-order valence-corrected chi connectivity index (χ4v) is 7.99. The van der Waals surface area contributed by atoms with Gasteiger partial charge in [0, 0.05) is 43.5 Å². The van der Waals surface area contributed by atoms with Gasteiger partial charge in [0.05, 0.1) is 5.54 Å². The van der Waals surface area contributed by atoms with Gasteiger partial charge in [-0.1, -0.05) is 209 Å². The van der Waals surface area contributed by atoms with E-state index in [-0.39, 0.29) is 11.0 Å². The Morgan fingerprint density at radius 3 is 2.19 bits per heavy atom. The van der Waals surface area contributed by atoms with E-state index in [2.05, 4.69) is 200 Å². The van der Waals surface area contributed by atoms with E-state index < -0.39 is 0 Å². The van der Waals surface area contributed by atoms with E-state index in [1.54, 1.807) is 0 Å². The quantitative estimate of drug-likeness (QED) is 0.0760. The van der Waals surface area contributed by atoms with Crippen molar-refractivity contribution in [3.05, 3.63) is 241 Å². The molecule has 0 spiro atoms. The number of nitrogens with zero attached hydrogens (tertiary/aromatic N) is 1. The molecule has 0 amide bonds. The zero-order chi connectivity index (χ0) is 44.0. The van der Waals surface area contributed by atoms with E-state index in [9.17, 15) is 0 Å². The monoisotopic (exact) mass is 822 g/mol. The van der Waals surface area contributed by atoms with Crippen LogP contribution in [0.1, 0.15) is 45.6 Å². The summed E-state index contributed by atoms with van der Waals surface area (Å²) in [5, 5.41) is 8.96. The highest BCUT2D eigenvalue weighted by Crippen LogP contribution is 2.53. The summed E-state index contributed by atoms with van der Waals surface area (Å²) >= 11 is 0. The number of likely N-dealkylation sites (N-methyl/N-ethyl adjacent to an activating group) is 1. The van der Waals surface area contributed by atoms with Crippen LogP contribution in [0, 0.1) is 5.41 Å². The summed E-state index contributed by atoms with van der Waals surface area (Å²) in [5.41, 5.74) is 22.1. The lowest BCUT2D eigenvalue weighted by Crippen LogP contribution is -2.57. The normalized spacial score (nSPS) is 19.6. The van der Waals surface area contributed by atoms with Gasteiger partial charge in [-0.2, -0.15) is 0 Å². The van der Waals surface area contributed by atoms with Gasteiger partial charge in [0.1, 0.15) is 0 Å². The number of nitrogens with two attached hydrogens (primary N) is 1. The number of hydrogen-bond donors (Lipinski definition) is 4. The Labute approximate surface area is 373 Å². The lowest BCUT2D eigenvalue weighted by Gasteiger charge is -2.41. The summed E-state index contributed by atoms with van der Waals surface area (Å²) < 4.78 is 0. The molecular formula is C57H67N5. The van der Waals surface area contributed by atoms with Crippen molar-refractivity contribution in [2.45, 2.75) is 45.6 Å². The van der Waals surface area contributed by atoms with E-state index in [1.165, 1.54) is 33.4 Å². The maximum absolute atomic E-state index is 6.45. The molecule has 0 saturated carbocycles. The number of hydrazine groups is 1. The first-order valence-corrected chi connectivity index (χ1v) is 21.9. The summed E-state index contributed by atoms with van der Waals surface area (Å²) in [4.78, 5) is 0. The molecule has 0 aromatic heterocycles. The topological polar surface area (TPSA) is 65.3 Å². The molecule has 3 aliphatic carbocycles. The van der Waals surface area contributed by atoms with Crippen LogP contribution in [0.5, 0.6) is 0 Å². The second kappa shape index (κ2) is 24.3. The largest absolute Gasteiger partial charge is 0.382 e. The third-order valence-electron chi connectivity index (χ3n) is 11.4. The van der Waals surface area contributed by atoms with Crippen LogP contribution in [0.4, 0.5) is 5.69 Å². The number of anilines is 1. The van der Waals surface area contributed by atoms with E-state index >= 15 is 0 Å². The Balaban J connectivity index is 0.000000514. The zero-order valence-corrected chi connectivity index (χ0v) is 37.4. The molecule has 5 nitrogen and oxygen atoms in total. The molecule has 0 bridgehead atoms. The van der Waals surface area contributed by atoms with Crippen LogP contribution >= 0.6 is 0 Å². The van der Waals surface area contributed by atoms with Gasteiger partial charge in [0.25, 0.3) is 0 Å². The minimum absolute atomic E-state index is 0.0125. The molecule has 0 radical (unpaired) electrons. The molecule has 6 rings (SSSR count). The smallest absolute Gasteiger partial charge is 0.0743 e. The maximum atomic E-state index is 6.45. The van der Waals surface area contributed by atoms with Gasteiger partial charge >= 0.3 is 0 Å². The van der Waals surface area contributed by atoms with Crippen LogP contribution in [0.15, 0.2) is 235 Å². The van der Waals surface area contributed by atoms with Crippen molar-refractivity contribution in [3.63, 3.8) is 0 Å². The molecule has 5 N–H and O–H groups in total. The summed E-state index contributed by atoms with van der Waals surface area (Å²) in [6, 6.07) is 29.4. The van der Waals surface area contributed by atoms with Crippen LogP contribution in [0.3, 0.4) is 0 Å². The molecule has 3 aromatic rings. The average Bonchev–Trinajstić information content (AvgIpc) is 3.52. The molecule has 1 atom stereocenters. The van der Waals surface area contributed by atoms with Crippen molar-refractivity contribution >= 4 is 11.3 Å². The van der Waals surface area contributed by atoms with Crippen molar-refractivity contribution in [2.24, 2.45) is 11.1 Å². The Morgan fingerprint density at radius 2 is 1.56 bits per heavy atom. The minimum Gasteiger partial charge on any atom is -0.382 e. The molecule has 320 valence electrons. The van der Waals surface area contributed by atoms with E-state index in [0.29, 0.717) is 13.1 Å². The minimum atomic E-state index is -0.385. The number of nitrogens with one attached hydrogen (secondary N) is 3. The molecule has 0 heterocycles. The highest BCUT2D eigenvalue weighted by molar-refractivity contribution is 5.75. The predicted octanol–water partition coefficient (Wildman–Crippen LogP) is 12.6. The maximum Gasteiger partial charge on any atom is 0.0743 e. The Hall–Kier alpha value is -6.24. The van der Waals surface area contributed by atoms with Crippen LogP contribution < -0.4 is 21.8 Å². The fourth-order valence-electron chi connectivity index (χ4n) is 7.99. The number of allylic oxidation sites excluding steroid dienone is 17. The molecule has 0 aliphatic heterocycles. The van der Waals surface area contributed by atoms with Gasteiger partial charge in [-0.3, -0.25) is 0 Å². The van der Waals surface area contributed by atoms with E-state index in [0.717, 1.165) is 54.7 Å². The van der Waals surface area contributed by atoms with Crippen molar-refractivity contribution in [1.82, 2.24) is 15.8 Å². The number of hydrogen-bond acceptors (Lipinski definition) is 5. The van der Waals surface area contributed by atoms with Gasteiger partial charge in [-0.25, -0.2) is 5.01 Å².